The van der Waals surface area contributed by atoms with Crippen LogP contribution in [0.4, 0.5) is 4.39 Å². The monoisotopic (exact) mass is 258 g/mol. The number of hydrogen-bond acceptors (Lipinski definition) is 2. The Morgan fingerprint density at radius 3 is 2.68 bits per heavy atom. The van der Waals surface area contributed by atoms with Gasteiger partial charge in [0.1, 0.15) is 5.82 Å². The molecule has 19 heavy (non-hydrogen) atoms. The molecule has 0 saturated carbocycles. The number of benzene rings is 1. The molecule has 0 saturated heterocycles. The minimum absolute atomic E-state index is 0.234. The van der Waals surface area contributed by atoms with Crippen molar-refractivity contribution >= 4 is 5.91 Å². The number of nitrogens with zero attached hydrogens (tertiary/aromatic N) is 1. The third-order valence-electron chi connectivity index (χ3n) is 2.90. The molecule has 1 N–H and O–H groups in total. The number of halogens is 1. The fourth-order valence-electron chi connectivity index (χ4n) is 1.80. The number of nitrogens with one attached hydrogen (secondary N) is 1. The minimum atomic E-state index is -0.658. The summed E-state index contributed by atoms with van der Waals surface area (Å²) in [7, 11) is 0. The van der Waals surface area contributed by atoms with Gasteiger partial charge in [0, 0.05) is 12.4 Å². The molecule has 1 aromatic heterocycles. The third-order valence-corrected chi connectivity index (χ3v) is 2.90. The quantitative estimate of drug-likeness (QED) is 0.919. The van der Waals surface area contributed by atoms with E-state index in [-0.39, 0.29) is 11.7 Å². The second-order valence-corrected chi connectivity index (χ2v) is 4.83. The van der Waals surface area contributed by atoms with Crippen LogP contribution in [0.3, 0.4) is 0 Å². The molecular weight excluding hydrogens is 243 g/mol. The first kappa shape index (κ1) is 13.2. The molecule has 0 bridgehead atoms. The van der Waals surface area contributed by atoms with Gasteiger partial charge in [0.2, 0.25) is 0 Å². The fourth-order valence-corrected chi connectivity index (χ4v) is 1.80. The lowest BCUT2D eigenvalue weighted by molar-refractivity contribution is 0.0911. The Bertz CT molecular complexity index is 582. The van der Waals surface area contributed by atoms with Gasteiger partial charge in [0.25, 0.3) is 5.91 Å². The third kappa shape index (κ3) is 3.16. The van der Waals surface area contributed by atoms with E-state index in [0.29, 0.717) is 11.1 Å². The topological polar surface area (TPSA) is 42.0 Å². The van der Waals surface area contributed by atoms with Crippen molar-refractivity contribution in [1.29, 1.82) is 0 Å². The molecule has 0 atom stereocenters. The van der Waals surface area contributed by atoms with Gasteiger partial charge in [-0.05, 0) is 43.7 Å². The molecule has 1 heterocycles. The van der Waals surface area contributed by atoms with Gasteiger partial charge in [-0.3, -0.25) is 9.78 Å². The highest BCUT2D eigenvalue weighted by atomic mass is 19.1. The van der Waals surface area contributed by atoms with E-state index in [1.165, 1.54) is 18.3 Å². The maximum atomic E-state index is 13.2. The summed E-state index contributed by atoms with van der Waals surface area (Å²) in [6, 6.07) is 9.59. The molecule has 1 aromatic carbocycles. The van der Waals surface area contributed by atoms with Gasteiger partial charge >= 0.3 is 0 Å². The summed E-state index contributed by atoms with van der Waals surface area (Å²) in [6.07, 6.45) is 3.10. The van der Waals surface area contributed by atoms with Crippen LogP contribution in [-0.4, -0.2) is 10.9 Å². The summed E-state index contributed by atoms with van der Waals surface area (Å²) in [4.78, 5) is 16.0. The van der Waals surface area contributed by atoms with Crippen LogP contribution >= 0.6 is 0 Å². The van der Waals surface area contributed by atoms with Crippen LogP contribution in [-0.2, 0) is 5.54 Å². The maximum absolute atomic E-state index is 13.2. The SMILES string of the molecule is CC(C)(NC(=O)c1cccnc1)c1cccc(F)c1. The summed E-state index contributed by atoms with van der Waals surface area (Å²) in [5, 5.41) is 2.87. The maximum Gasteiger partial charge on any atom is 0.253 e. The van der Waals surface area contributed by atoms with Crippen molar-refractivity contribution in [3.8, 4) is 0 Å². The van der Waals surface area contributed by atoms with E-state index in [2.05, 4.69) is 10.3 Å². The second kappa shape index (κ2) is 5.18. The van der Waals surface area contributed by atoms with Crippen LogP contribution in [0.2, 0.25) is 0 Å². The van der Waals surface area contributed by atoms with Crippen molar-refractivity contribution in [2.45, 2.75) is 19.4 Å². The van der Waals surface area contributed by atoms with Gasteiger partial charge in [0.15, 0.2) is 0 Å². The van der Waals surface area contributed by atoms with E-state index in [4.69, 9.17) is 0 Å². The number of hydrogen-bond donors (Lipinski definition) is 1. The van der Waals surface area contributed by atoms with E-state index in [9.17, 15) is 9.18 Å². The predicted octanol–water partition coefficient (Wildman–Crippen LogP) is 2.89. The lowest BCUT2D eigenvalue weighted by Gasteiger charge is -2.27. The summed E-state index contributed by atoms with van der Waals surface area (Å²) in [6.45, 7) is 3.66. The molecule has 0 fully saturated rings. The van der Waals surface area contributed by atoms with Gasteiger partial charge in [-0.1, -0.05) is 12.1 Å². The average Bonchev–Trinajstić information content (AvgIpc) is 2.39. The van der Waals surface area contributed by atoms with Crippen LogP contribution < -0.4 is 5.32 Å². The Kier molecular flexibility index (Phi) is 3.60. The minimum Gasteiger partial charge on any atom is -0.343 e. The van der Waals surface area contributed by atoms with E-state index in [1.54, 1.807) is 30.5 Å². The largest absolute Gasteiger partial charge is 0.343 e. The Labute approximate surface area is 111 Å². The molecular formula is C15H15FN2O. The smallest absolute Gasteiger partial charge is 0.253 e. The van der Waals surface area contributed by atoms with E-state index in [0.717, 1.165) is 0 Å². The molecule has 1 amide bonds. The normalized spacial score (nSPS) is 11.1. The molecule has 0 unspecified atom stereocenters. The molecule has 0 radical (unpaired) electrons. The Hall–Kier alpha value is -2.23. The predicted molar refractivity (Wildman–Crippen MR) is 71.1 cm³/mol. The summed E-state index contributed by atoms with van der Waals surface area (Å²) < 4.78 is 13.2. The van der Waals surface area contributed by atoms with Crippen LogP contribution in [0.1, 0.15) is 29.8 Å². The van der Waals surface area contributed by atoms with Crippen molar-refractivity contribution in [2.75, 3.05) is 0 Å². The molecule has 4 heteroatoms. The molecule has 0 aliphatic rings. The van der Waals surface area contributed by atoms with Gasteiger partial charge in [-0.15, -0.1) is 0 Å². The van der Waals surface area contributed by atoms with Crippen LogP contribution in [0.5, 0.6) is 0 Å². The van der Waals surface area contributed by atoms with Crippen molar-refractivity contribution in [2.24, 2.45) is 0 Å². The lowest BCUT2D eigenvalue weighted by atomic mass is 9.94. The van der Waals surface area contributed by atoms with Crippen molar-refractivity contribution in [3.05, 3.63) is 65.7 Å². The number of carbonyl (C=O) groups is 1. The van der Waals surface area contributed by atoms with Crippen molar-refractivity contribution < 1.29 is 9.18 Å². The van der Waals surface area contributed by atoms with E-state index in [1.807, 2.05) is 13.8 Å². The first-order valence-corrected chi connectivity index (χ1v) is 5.97. The average molecular weight is 258 g/mol. The number of pyridine rings is 1. The van der Waals surface area contributed by atoms with Gasteiger partial charge in [-0.2, -0.15) is 0 Å². The van der Waals surface area contributed by atoms with Crippen molar-refractivity contribution in [1.82, 2.24) is 10.3 Å². The summed E-state index contributed by atoms with van der Waals surface area (Å²) in [5.74, 6) is -0.552. The standard InChI is InChI=1S/C15H15FN2O/c1-15(2,12-6-3-7-13(16)9-12)18-14(19)11-5-4-8-17-10-11/h3-10H,1-2H3,(H,18,19). The van der Waals surface area contributed by atoms with Gasteiger partial charge in [0.05, 0.1) is 11.1 Å². The number of aromatic nitrogens is 1. The summed E-state index contributed by atoms with van der Waals surface area (Å²) >= 11 is 0. The highest BCUT2D eigenvalue weighted by Crippen LogP contribution is 2.21. The molecule has 98 valence electrons. The number of carbonyl (C=O) groups excluding carboxylic acids is 1. The molecule has 2 aromatic rings. The Morgan fingerprint density at radius 2 is 2.05 bits per heavy atom. The second-order valence-electron chi connectivity index (χ2n) is 4.83. The van der Waals surface area contributed by atoms with Gasteiger partial charge < -0.3 is 5.32 Å². The molecule has 3 nitrogen and oxygen atoms in total. The Balaban J connectivity index is 2.20. The lowest BCUT2D eigenvalue weighted by Crippen LogP contribution is -2.41. The zero-order chi connectivity index (χ0) is 13.9. The Morgan fingerprint density at radius 1 is 1.26 bits per heavy atom. The number of rotatable bonds is 3. The molecule has 2 rings (SSSR count). The molecule has 0 aliphatic heterocycles. The van der Waals surface area contributed by atoms with Crippen molar-refractivity contribution in [3.63, 3.8) is 0 Å². The first-order valence-electron chi connectivity index (χ1n) is 5.97. The zero-order valence-electron chi connectivity index (χ0n) is 10.9. The first-order chi connectivity index (χ1) is 8.99. The zero-order valence-corrected chi connectivity index (χ0v) is 10.9. The number of amides is 1. The van der Waals surface area contributed by atoms with Crippen LogP contribution in [0, 0.1) is 5.82 Å². The van der Waals surface area contributed by atoms with Crippen LogP contribution in [0.15, 0.2) is 48.8 Å². The fraction of sp³-hybridized carbons (Fsp3) is 0.200. The van der Waals surface area contributed by atoms with Gasteiger partial charge in [-0.25, -0.2) is 4.39 Å². The highest BCUT2D eigenvalue weighted by molar-refractivity contribution is 5.94. The van der Waals surface area contributed by atoms with Crippen LogP contribution in [0.25, 0.3) is 0 Å². The van der Waals surface area contributed by atoms with E-state index >= 15 is 0 Å². The summed E-state index contributed by atoms with van der Waals surface area (Å²) in [5.41, 5.74) is 0.534. The van der Waals surface area contributed by atoms with E-state index < -0.39 is 5.54 Å². The molecule has 0 spiro atoms. The highest BCUT2D eigenvalue weighted by Gasteiger charge is 2.23. The molecule has 0 aliphatic carbocycles.